The molecule has 0 N–H and O–H groups in total. The smallest absolute Gasteiger partial charge is 0.468 e. The van der Waals surface area contributed by atoms with Crippen LogP contribution in [0.4, 0.5) is 26.3 Å². The normalized spacial score (nSPS) is 33.0. The third kappa shape index (κ3) is 2.34. The van der Waals surface area contributed by atoms with Gasteiger partial charge in [0.2, 0.25) is 0 Å². The quantitative estimate of drug-likeness (QED) is 0.551. The molecule has 1 heterocycles. The Morgan fingerprint density at radius 2 is 1.90 bits per heavy atom. The first-order chi connectivity index (χ1) is 9.54. The maximum absolute atomic E-state index is 13.4. The molecule has 10 heteroatoms. The molecule has 1 aliphatic heterocycles. The zero-order chi connectivity index (χ0) is 16.1. The summed E-state index contributed by atoms with van der Waals surface area (Å²) in [5.74, 6) is -5.40. The van der Waals surface area contributed by atoms with Crippen molar-refractivity contribution in [1.29, 1.82) is 0 Å². The van der Waals surface area contributed by atoms with Crippen molar-refractivity contribution >= 4 is 11.9 Å². The highest BCUT2D eigenvalue weighted by atomic mass is 19.4. The summed E-state index contributed by atoms with van der Waals surface area (Å²) in [7, 11) is 0.679. The van der Waals surface area contributed by atoms with Crippen molar-refractivity contribution in [3.05, 3.63) is 0 Å². The van der Waals surface area contributed by atoms with Gasteiger partial charge in [-0.2, -0.15) is 26.3 Å². The summed E-state index contributed by atoms with van der Waals surface area (Å²) < 4.78 is 87.0. The van der Waals surface area contributed by atoms with Crippen LogP contribution in [0, 0.1) is 5.92 Å². The molecule has 0 bridgehead atoms. The number of hydrogen-bond acceptors (Lipinski definition) is 4. The van der Waals surface area contributed by atoms with Crippen LogP contribution in [0.1, 0.15) is 19.3 Å². The van der Waals surface area contributed by atoms with Crippen LogP contribution in [-0.2, 0) is 14.3 Å². The molecule has 1 fully saturated rings. The first-order valence-corrected chi connectivity index (χ1v) is 6.03. The van der Waals surface area contributed by atoms with Gasteiger partial charge in [-0.25, -0.2) is 9.79 Å². The second kappa shape index (κ2) is 4.77. The van der Waals surface area contributed by atoms with Crippen LogP contribution in [0.5, 0.6) is 0 Å². The van der Waals surface area contributed by atoms with Gasteiger partial charge in [0.05, 0.1) is 7.11 Å². The van der Waals surface area contributed by atoms with Crippen LogP contribution in [0.15, 0.2) is 4.99 Å². The Bertz CT molecular complexity index is 472. The standard InChI is InChI=1S/C11H11F6NO3/c1-20-8(19)9(11(15,16)17)5-3-2-4-6(5)21-7(18-9)10(12,13)14/h5-6H,2-4H2,1H3. The number of aliphatic imine (C=N–C) groups is 1. The molecule has 3 atom stereocenters. The van der Waals surface area contributed by atoms with Crippen molar-refractivity contribution in [3.8, 4) is 0 Å². The number of fused-ring (bicyclic) bond motifs is 1. The van der Waals surface area contributed by atoms with E-state index < -0.39 is 41.8 Å². The van der Waals surface area contributed by atoms with E-state index in [1.54, 1.807) is 0 Å². The summed E-state index contributed by atoms with van der Waals surface area (Å²) in [6, 6.07) is 0. The molecule has 2 rings (SSSR count). The Morgan fingerprint density at radius 3 is 2.38 bits per heavy atom. The summed E-state index contributed by atoms with van der Waals surface area (Å²) >= 11 is 0. The van der Waals surface area contributed by atoms with Gasteiger partial charge in [-0.1, -0.05) is 0 Å². The Morgan fingerprint density at radius 1 is 1.29 bits per heavy atom. The van der Waals surface area contributed by atoms with Gasteiger partial charge in [0.25, 0.3) is 11.4 Å². The Kier molecular flexibility index (Phi) is 3.61. The summed E-state index contributed by atoms with van der Waals surface area (Å²) in [6.07, 6.45) is -11.8. The summed E-state index contributed by atoms with van der Waals surface area (Å²) in [5, 5.41) is 0. The van der Waals surface area contributed by atoms with Crippen molar-refractivity contribution in [3.63, 3.8) is 0 Å². The number of esters is 1. The van der Waals surface area contributed by atoms with Gasteiger partial charge in [-0.05, 0) is 19.3 Å². The maximum atomic E-state index is 13.4. The highest BCUT2D eigenvalue weighted by Crippen LogP contribution is 2.51. The fraction of sp³-hybridized carbons (Fsp3) is 0.818. The lowest BCUT2D eigenvalue weighted by Gasteiger charge is -2.41. The van der Waals surface area contributed by atoms with E-state index in [0.717, 1.165) is 0 Å². The fourth-order valence-corrected chi connectivity index (χ4v) is 2.83. The molecule has 0 radical (unpaired) electrons. The molecular formula is C11H11F6NO3. The van der Waals surface area contributed by atoms with Crippen molar-refractivity contribution in [2.45, 2.75) is 43.3 Å². The van der Waals surface area contributed by atoms with Gasteiger partial charge in [0.15, 0.2) is 0 Å². The molecule has 1 aliphatic carbocycles. The lowest BCUT2D eigenvalue weighted by Crippen LogP contribution is -2.62. The van der Waals surface area contributed by atoms with E-state index in [-0.39, 0.29) is 19.3 Å². The molecule has 3 unspecified atom stereocenters. The second-order valence-electron chi connectivity index (χ2n) is 4.86. The molecular weight excluding hydrogens is 308 g/mol. The zero-order valence-corrected chi connectivity index (χ0v) is 10.7. The summed E-state index contributed by atoms with van der Waals surface area (Å²) in [5.41, 5.74) is -3.56. The van der Waals surface area contributed by atoms with E-state index in [4.69, 9.17) is 0 Å². The van der Waals surface area contributed by atoms with Crippen LogP contribution in [0.25, 0.3) is 0 Å². The third-order valence-corrected chi connectivity index (χ3v) is 3.70. The minimum atomic E-state index is -5.31. The lowest BCUT2D eigenvalue weighted by atomic mass is 9.80. The van der Waals surface area contributed by atoms with E-state index in [0.29, 0.717) is 7.11 Å². The number of rotatable bonds is 1. The number of hydrogen-bond donors (Lipinski definition) is 0. The highest BCUT2D eigenvalue weighted by Gasteiger charge is 2.71. The minimum absolute atomic E-state index is 0.00537. The van der Waals surface area contributed by atoms with Crippen LogP contribution in [0.3, 0.4) is 0 Å². The topological polar surface area (TPSA) is 47.9 Å². The molecule has 21 heavy (non-hydrogen) atoms. The first kappa shape index (κ1) is 15.9. The van der Waals surface area contributed by atoms with E-state index in [1.807, 2.05) is 0 Å². The molecule has 0 aromatic heterocycles. The van der Waals surface area contributed by atoms with Crippen molar-refractivity contribution in [2.75, 3.05) is 7.11 Å². The van der Waals surface area contributed by atoms with E-state index in [2.05, 4.69) is 14.5 Å². The molecule has 2 aliphatic rings. The van der Waals surface area contributed by atoms with E-state index in [1.165, 1.54) is 0 Å². The van der Waals surface area contributed by atoms with Gasteiger partial charge >= 0.3 is 18.3 Å². The monoisotopic (exact) mass is 319 g/mol. The average molecular weight is 319 g/mol. The summed E-state index contributed by atoms with van der Waals surface area (Å²) in [6.45, 7) is 0. The van der Waals surface area contributed by atoms with Crippen LogP contribution < -0.4 is 0 Å². The van der Waals surface area contributed by atoms with Crippen LogP contribution >= 0.6 is 0 Å². The van der Waals surface area contributed by atoms with Crippen molar-refractivity contribution in [1.82, 2.24) is 0 Å². The van der Waals surface area contributed by atoms with Gasteiger partial charge in [-0.15, -0.1) is 0 Å². The van der Waals surface area contributed by atoms with E-state index in [9.17, 15) is 31.1 Å². The SMILES string of the molecule is COC(=O)C1(C(F)(F)F)N=C(C(F)(F)F)OC2CCCC21. The van der Waals surface area contributed by atoms with Gasteiger partial charge < -0.3 is 9.47 Å². The maximum Gasteiger partial charge on any atom is 0.468 e. The number of carbonyl (C=O) groups excluding carboxylic acids is 1. The van der Waals surface area contributed by atoms with Crippen molar-refractivity contribution in [2.24, 2.45) is 10.9 Å². The number of halogens is 6. The molecule has 0 saturated heterocycles. The van der Waals surface area contributed by atoms with Gasteiger partial charge in [-0.3, -0.25) is 0 Å². The fourth-order valence-electron chi connectivity index (χ4n) is 2.83. The second-order valence-corrected chi connectivity index (χ2v) is 4.86. The highest BCUT2D eigenvalue weighted by molar-refractivity contribution is 5.91. The predicted octanol–water partition coefficient (Wildman–Crippen LogP) is 2.62. The number of ether oxygens (including phenoxy) is 2. The number of nitrogens with zero attached hydrogens (tertiary/aromatic N) is 1. The minimum Gasteiger partial charge on any atom is -0.471 e. The third-order valence-electron chi connectivity index (χ3n) is 3.70. The number of alkyl halides is 6. The van der Waals surface area contributed by atoms with E-state index >= 15 is 0 Å². The number of methoxy groups -OCH3 is 1. The molecule has 0 amide bonds. The first-order valence-electron chi connectivity index (χ1n) is 6.03. The summed E-state index contributed by atoms with van der Waals surface area (Å²) in [4.78, 5) is 14.3. The van der Waals surface area contributed by atoms with Crippen molar-refractivity contribution < 1.29 is 40.6 Å². The predicted molar refractivity (Wildman–Crippen MR) is 56.5 cm³/mol. The zero-order valence-electron chi connectivity index (χ0n) is 10.7. The van der Waals surface area contributed by atoms with Crippen LogP contribution in [0.2, 0.25) is 0 Å². The van der Waals surface area contributed by atoms with Crippen LogP contribution in [-0.4, -0.2) is 43.0 Å². The molecule has 0 spiro atoms. The Labute approximate surface area is 115 Å². The van der Waals surface area contributed by atoms with Gasteiger partial charge in [0, 0.05) is 5.92 Å². The average Bonchev–Trinajstić information content (AvgIpc) is 2.82. The number of carbonyl (C=O) groups is 1. The van der Waals surface area contributed by atoms with Gasteiger partial charge in [0.1, 0.15) is 6.10 Å². The molecule has 4 nitrogen and oxygen atoms in total. The Balaban J connectivity index is 2.64. The largest absolute Gasteiger partial charge is 0.471 e. The lowest BCUT2D eigenvalue weighted by molar-refractivity contribution is -0.225. The molecule has 120 valence electrons. The molecule has 1 saturated carbocycles. The molecule has 0 aromatic carbocycles. The Hall–Kier alpha value is -1.48. The molecule has 0 aromatic rings.